The van der Waals surface area contributed by atoms with Gasteiger partial charge >= 0.3 is 0 Å². The Balaban J connectivity index is 1.62. The van der Waals surface area contributed by atoms with Gasteiger partial charge < -0.3 is 9.47 Å². The summed E-state index contributed by atoms with van der Waals surface area (Å²) in [5.74, 6) is 0.879. The van der Waals surface area contributed by atoms with Crippen molar-refractivity contribution in [2.24, 2.45) is 5.10 Å². The molecule has 7 nitrogen and oxygen atoms in total. The van der Waals surface area contributed by atoms with Crippen molar-refractivity contribution < 1.29 is 14.3 Å². The number of hydrogen-bond acceptors (Lipinski definition) is 5. The number of aromatic amines is 1. The van der Waals surface area contributed by atoms with Crippen LogP contribution < -0.4 is 14.9 Å². The van der Waals surface area contributed by atoms with Crippen LogP contribution >= 0.6 is 0 Å². The van der Waals surface area contributed by atoms with Crippen LogP contribution in [0.4, 0.5) is 0 Å². The summed E-state index contributed by atoms with van der Waals surface area (Å²) in [6.45, 7) is 2.45. The van der Waals surface area contributed by atoms with E-state index in [1.807, 2.05) is 61.5 Å². The fourth-order valence-electron chi connectivity index (χ4n) is 2.61. The van der Waals surface area contributed by atoms with Crippen molar-refractivity contribution in [2.45, 2.75) is 6.92 Å². The van der Waals surface area contributed by atoms with E-state index < -0.39 is 0 Å². The summed E-state index contributed by atoms with van der Waals surface area (Å²) >= 11 is 0. The Labute approximate surface area is 169 Å². The third-order valence-corrected chi connectivity index (χ3v) is 4.00. The largest absolute Gasteiger partial charge is 0.493 e. The van der Waals surface area contributed by atoms with Crippen LogP contribution in [0.5, 0.6) is 11.5 Å². The van der Waals surface area contributed by atoms with Crippen molar-refractivity contribution in [3.63, 3.8) is 0 Å². The Morgan fingerprint density at radius 1 is 1.17 bits per heavy atom. The number of hydrogen-bond donors (Lipinski definition) is 2. The summed E-state index contributed by atoms with van der Waals surface area (Å²) in [6.07, 6.45) is 5.16. The molecule has 0 spiro atoms. The summed E-state index contributed by atoms with van der Waals surface area (Å²) in [5, 5.41) is 10.8. The summed E-state index contributed by atoms with van der Waals surface area (Å²) in [7, 11) is 1.58. The predicted octanol–water partition coefficient (Wildman–Crippen LogP) is 3.91. The molecule has 3 aromatic rings. The monoisotopic (exact) mass is 390 g/mol. The quantitative estimate of drug-likeness (QED) is 0.451. The van der Waals surface area contributed by atoms with Gasteiger partial charge in [-0.1, -0.05) is 36.4 Å². The molecule has 0 bridgehead atoms. The number of methoxy groups -OCH3 is 1. The summed E-state index contributed by atoms with van der Waals surface area (Å²) in [4.78, 5) is 12.2. The first-order valence-corrected chi connectivity index (χ1v) is 9.13. The van der Waals surface area contributed by atoms with E-state index in [0.717, 1.165) is 11.1 Å². The smallest absolute Gasteiger partial charge is 0.289 e. The number of hydrazone groups is 1. The second-order valence-corrected chi connectivity index (χ2v) is 5.95. The van der Waals surface area contributed by atoms with Gasteiger partial charge in [0.25, 0.3) is 5.91 Å². The predicted molar refractivity (Wildman–Crippen MR) is 113 cm³/mol. The molecule has 0 saturated carbocycles. The number of amides is 1. The van der Waals surface area contributed by atoms with Crippen LogP contribution in [0.3, 0.4) is 0 Å². The topological polar surface area (TPSA) is 88.6 Å². The van der Waals surface area contributed by atoms with Gasteiger partial charge in [-0.05, 0) is 42.8 Å². The standard InChI is InChI=1S/C22H22N4O3/c1-3-29-20-12-11-17(14-21(20)28-2)18-15-19(25-24-18)22(27)26-23-13-7-10-16-8-5-4-6-9-16/h4-15H,3H2,1-2H3,(H,24,25)(H,26,27)/b10-7+,23-13+. The second-order valence-electron chi connectivity index (χ2n) is 5.95. The lowest BCUT2D eigenvalue weighted by atomic mass is 10.1. The van der Waals surface area contributed by atoms with E-state index in [2.05, 4.69) is 20.7 Å². The van der Waals surface area contributed by atoms with Crippen molar-refractivity contribution in [1.29, 1.82) is 0 Å². The summed E-state index contributed by atoms with van der Waals surface area (Å²) in [6, 6.07) is 17.0. The first-order chi connectivity index (χ1) is 14.2. The van der Waals surface area contributed by atoms with Crippen LogP contribution in [0.15, 0.2) is 65.8 Å². The molecule has 0 fully saturated rings. The number of allylic oxidation sites excluding steroid dienone is 1. The Hall–Kier alpha value is -3.87. The first kappa shape index (κ1) is 19.9. The molecule has 7 heteroatoms. The van der Waals surface area contributed by atoms with Gasteiger partial charge in [-0.2, -0.15) is 10.2 Å². The number of nitrogens with zero attached hydrogens (tertiary/aromatic N) is 2. The normalized spacial score (nSPS) is 11.1. The highest BCUT2D eigenvalue weighted by Gasteiger charge is 2.12. The Bertz CT molecular complexity index is 1010. The van der Waals surface area contributed by atoms with Gasteiger partial charge in [0.15, 0.2) is 11.5 Å². The van der Waals surface area contributed by atoms with E-state index in [0.29, 0.717) is 29.5 Å². The molecule has 0 radical (unpaired) electrons. The summed E-state index contributed by atoms with van der Waals surface area (Å²) < 4.78 is 10.9. The van der Waals surface area contributed by atoms with Gasteiger partial charge in [-0.15, -0.1) is 0 Å². The van der Waals surface area contributed by atoms with Crippen LogP contribution in [0.25, 0.3) is 17.3 Å². The zero-order valence-electron chi connectivity index (χ0n) is 16.3. The second kappa shape index (κ2) is 9.89. The van der Waals surface area contributed by atoms with Gasteiger partial charge in [0.2, 0.25) is 0 Å². The van der Waals surface area contributed by atoms with E-state index in [4.69, 9.17) is 9.47 Å². The number of carbonyl (C=O) groups is 1. The molecular weight excluding hydrogens is 368 g/mol. The van der Waals surface area contributed by atoms with Crippen LogP contribution in [0, 0.1) is 0 Å². The van der Waals surface area contributed by atoms with Gasteiger partial charge in [-0.25, -0.2) is 5.43 Å². The van der Waals surface area contributed by atoms with E-state index >= 15 is 0 Å². The van der Waals surface area contributed by atoms with Crippen LogP contribution in [0.1, 0.15) is 23.0 Å². The molecule has 3 rings (SSSR count). The van der Waals surface area contributed by atoms with E-state index in [9.17, 15) is 4.79 Å². The molecule has 2 N–H and O–H groups in total. The van der Waals surface area contributed by atoms with Crippen molar-refractivity contribution in [3.8, 4) is 22.8 Å². The maximum Gasteiger partial charge on any atom is 0.289 e. The van der Waals surface area contributed by atoms with E-state index in [1.165, 1.54) is 6.21 Å². The van der Waals surface area contributed by atoms with E-state index in [1.54, 1.807) is 19.3 Å². The molecule has 1 aromatic heterocycles. The number of nitrogens with one attached hydrogen (secondary N) is 2. The van der Waals surface area contributed by atoms with Crippen molar-refractivity contribution in [1.82, 2.24) is 15.6 Å². The molecule has 0 aliphatic carbocycles. The maximum absolute atomic E-state index is 12.2. The van der Waals surface area contributed by atoms with Crippen molar-refractivity contribution in [3.05, 3.63) is 71.9 Å². The molecule has 148 valence electrons. The van der Waals surface area contributed by atoms with Crippen LogP contribution in [-0.2, 0) is 0 Å². The number of H-pyrrole nitrogens is 1. The molecule has 1 heterocycles. The highest BCUT2D eigenvalue weighted by Crippen LogP contribution is 2.32. The molecule has 29 heavy (non-hydrogen) atoms. The lowest BCUT2D eigenvalue weighted by Crippen LogP contribution is -2.17. The lowest BCUT2D eigenvalue weighted by molar-refractivity contribution is 0.0950. The molecular formula is C22H22N4O3. The van der Waals surface area contributed by atoms with Gasteiger partial charge in [-0.3, -0.25) is 9.89 Å². The minimum absolute atomic E-state index is 0.303. The summed E-state index contributed by atoms with van der Waals surface area (Å²) in [5.41, 5.74) is 5.23. The molecule has 1 amide bonds. The molecule has 0 atom stereocenters. The highest BCUT2D eigenvalue weighted by atomic mass is 16.5. The van der Waals surface area contributed by atoms with Gasteiger partial charge in [0.1, 0.15) is 5.69 Å². The molecule has 2 aromatic carbocycles. The van der Waals surface area contributed by atoms with Gasteiger partial charge in [0.05, 0.1) is 19.4 Å². The third kappa shape index (κ3) is 5.32. The van der Waals surface area contributed by atoms with Crippen LogP contribution in [0.2, 0.25) is 0 Å². The highest BCUT2D eigenvalue weighted by molar-refractivity contribution is 5.94. The van der Waals surface area contributed by atoms with Crippen LogP contribution in [-0.4, -0.2) is 36.0 Å². The fourth-order valence-corrected chi connectivity index (χ4v) is 2.61. The minimum Gasteiger partial charge on any atom is -0.493 e. The van der Waals surface area contributed by atoms with E-state index in [-0.39, 0.29) is 5.91 Å². The number of carbonyl (C=O) groups excluding carboxylic acids is 1. The molecule has 0 aliphatic heterocycles. The SMILES string of the molecule is CCOc1ccc(-c2cc(C(=O)N/N=C/C=C/c3ccccc3)[nH]n2)cc1OC. The Morgan fingerprint density at radius 3 is 2.76 bits per heavy atom. The number of benzene rings is 2. The fraction of sp³-hybridized carbons (Fsp3) is 0.136. The van der Waals surface area contributed by atoms with Crippen molar-refractivity contribution in [2.75, 3.05) is 13.7 Å². The number of ether oxygens (including phenoxy) is 2. The molecule has 0 saturated heterocycles. The Kier molecular flexibility index (Phi) is 6.78. The first-order valence-electron chi connectivity index (χ1n) is 9.13. The van der Waals surface area contributed by atoms with Gasteiger partial charge in [0, 0.05) is 11.8 Å². The average Bonchev–Trinajstić information content (AvgIpc) is 3.25. The molecule has 0 aliphatic rings. The lowest BCUT2D eigenvalue weighted by Gasteiger charge is -2.09. The average molecular weight is 390 g/mol. The maximum atomic E-state index is 12.2. The number of rotatable bonds is 8. The van der Waals surface area contributed by atoms with Crippen molar-refractivity contribution >= 4 is 18.2 Å². The zero-order chi connectivity index (χ0) is 20.5. The third-order valence-electron chi connectivity index (χ3n) is 4.00. The number of aromatic nitrogens is 2. The molecule has 0 unspecified atom stereocenters. The minimum atomic E-state index is -0.383. The Morgan fingerprint density at radius 2 is 2.00 bits per heavy atom. The zero-order valence-corrected chi connectivity index (χ0v) is 16.3.